The first-order chi connectivity index (χ1) is 9.77. The maximum atomic E-state index is 13.7. The van der Waals surface area contributed by atoms with Gasteiger partial charge in [0, 0.05) is 24.3 Å². The lowest BCUT2D eigenvalue weighted by Gasteiger charge is -2.10. The Kier molecular flexibility index (Phi) is 4.63. The lowest BCUT2D eigenvalue weighted by Crippen LogP contribution is -2.22. The fraction of sp³-hybridized carbons (Fsp3) is 0.357. The lowest BCUT2D eigenvalue weighted by molar-refractivity contribution is -0.137. The highest BCUT2D eigenvalue weighted by molar-refractivity contribution is 7.15. The van der Waals surface area contributed by atoms with Crippen molar-refractivity contribution in [2.24, 2.45) is 0 Å². The van der Waals surface area contributed by atoms with Crippen molar-refractivity contribution in [1.29, 1.82) is 0 Å². The summed E-state index contributed by atoms with van der Waals surface area (Å²) in [5.74, 6) is -0.382. The van der Waals surface area contributed by atoms with Gasteiger partial charge in [-0.3, -0.25) is 0 Å². The van der Waals surface area contributed by atoms with Gasteiger partial charge in [0.25, 0.3) is 0 Å². The largest absolute Gasteiger partial charge is 0.443 e. The molecule has 1 N–H and O–H groups in total. The van der Waals surface area contributed by atoms with Crippen LogP contribution in [0.25, 0.3) is 10.4 Å². The molecule has 0 atom stereocenters. The Morgan fingerprint density at radius 2 is 2.00 bits per heavy atom. The second-order valence-electron chi connectivity index (χ2n) is 4.87. The van der Waals surface area contributed by atoms with Gasteiger partial charge in [0.2, 0.25) is 0 Å². The molecular formula is C14H14F4N2S. The van der Waals surface area contributed by atoms with Crippen LogP contribution in [0.2, 0.25) is 0 Å². The molecule has 2 nitrogen and oxygen atoms in total. The summed E-state index contributed by atoms with van der Waals surface area (Å²) in [6.07, 6.45) is -3.29. The van der Waals surface area contributed by atoms with Crippen molar-refractivity contribution in [3.63, 3.8) is 0 Å². The zero-order valence-electron chi connectivity index (χ0n) is 11.5. The topological polar surface area (TPSA) is 24.9 Å². The van der Waals surface area contributed by atoms with Crippen molar-refractivity contribution in [2.45, 2.75) is 32.6 Å². The summed E-state index contributed by atoms with van der Waals surface area (Å²) < 4.78 is 51.3. The summed E-state index contributed by atoms with van der Waals surface area (Å²) in [5, 5.41) is 2.18. The number of thiazole rings is 1. The minimum Gasteiger partial charge on any atom is -0.310 e. The van der Waals surface area contributed by atoms with Crippen LogP contribution in [-0.4, -0.2) is 11.0 Å². The van der Waals surface area contributed by atoms with Gasteiger partial charge < -0.3 is 5.32 Å². The van der Waals surface area contributed by atoms with Gasteiger partial charge in [-0.15, -0.1) is 11.3 Å². The molecule has 0 saturated heterocycles. The molecule has 0 saturated carbocycles. The molecule has 0 unspecified atom stereocenters. The van der Waals surface area contributed by atoms with Crippen LogP contribution < -0.4 is 5.32 Å². The Labute approximate surface area is 123 Å². The molecule has 2 rings (SSSR count). The maximum Gasteiger partial charge on any atom is 0.443 e. The van der Waals surface area contributed by atoms with Crippen molar-refractivity contribution in [3.8, 4) is 10.4 Å². The van der Waals surface area contributed by atoms with Gasteiger partial charge in [-0.05, 0) is 17.7 Å². The number of alkyl halides is 3. The predicted molar refractivity (Wildman–Crippen MR) is 74.5 cm³/mol. The van der Waals surface area contributed by atoms with E-state index < -0.39 is 11.2 Å². The molecule has 0 aliphatic heterocycles. The molecule has 0 aliphatic carbocycles. The number of hydrogen-bond acceptors (Lipinski definition) is 3. The van der Waals surface area contributed by atoms with Gasteiger partial charge in [0.15, 0.2) is 5.01 Å². The highest BCUT2D eigenvalue weighted by Gasteiger charge is 2.34. The highest BCUT2D eigenvalue weighted by Crippen LogP contribution is 2.36. The molecule has 0 fully saturated rings. The Hall–Kier alpha value is -1.47. The number of benzene rings is 1. The normalized spacial score (nSPS) is 12.1. The van der Waals surface area contributed by atoms with Crippen molar-refractivity contribution >= 4 is 11.3 Å². The first kappa shape index (κ1) is 15.9. The van der Waals surface area contributed by atoms with Crippen molar-refractivity contribution < 1.29 is 17.6 Å². The number of nitrogens with zero attached hydrogens (tertiary/aromatic N) is 1. The zero-order chi connectivity index (χ0) is 15.6. The van der Waals surface area contributed by atoms with E-state index in [0.29, 0.717) is 33.9 Å². The van der Waals surface area contributed by atoms with Gasteiger partial charge in [0.1, 0.15) is 5.82 Å². The van der Waals surface area contributed by atoms with E-state index in [1.165, 1.54) is 18.3 Å². The van der Waals surface area contributed by atoms with Crippen LogP contribution in [0, 0.1) is 5.82 Å². The predicted octanol–water partition coefficient (Wildman–Crippen LogP) is 4.47. The average Bonchev–Trinajstić information content (AvgIpc) is 2.87. The van der Waals surface area contributed by atoms with Gasteiger partial charge in [-0.1, -0.05) is 19.9 Å². The summed E-state index contributed by atoms with van der Waals surface area (Å²) in [7, 11) is 0. The number of hydrogen-bond donors (Lipinski definition) is 1. The summed E-state index contributed by atoms with van der Waals surface area (Å²) in [4.78, 5) is 3.74. The molecule has 1 aromatic carbocycles. The number of halogens is 4. The van der Waals surface area contributed by atoms with E-state index in [9.17, 15) is 17.6 Å². The molecule has 7 heteroatoms. The third-order valence-electron chi connectivity index (χ3n) is 2.78. The standard InChI is InChI=1S/C14H14F4N2S/c1-8(2)19-6-10-5-9(3-4-11(10)15)12-7-20-13(21-12)14(16,17)18/h3-5,7-8,19H,6H2,1-2H3. The SMILES string of the molecule is CC(C)NCc1cc(-c2cnc(C(F)(F)F)s2)ccc1F. The van der Waals surface area contributed by atoms with Crippen LogP contribution in [0.3, 0.4) is 0 Å². The van der Waals surface area contributed by atoms with E-state index in [2.05, 4.69) is 10.3 Å². The quantitative estimate of drug-likeness (QED) is 0.842. The first-order valence-electron chi connectivity index (χ1n) is 6.32. The van der Waals surface area contributed by atoms with Crippen molar-refractivity contribution in [3.05, 3.63) is 40.8 Å². The van der Waals surface area contributed by atoms with E-state index in [1.807, 2.05) is 13.8 Å². The number of nitrogens with one attached hydrogen (secondary N) is 1. The monoisotopic (exact) mass is 318 g/mol. The fourth-order valence-electron chi connectivity index (χ4n) is 1.72. The Balaban J connectivity index is 2.28. The van der Waals surface area contributed by atoms with E-state index in [4.69, 9.17) is 0 Å². The minimum absolute atomic E-state index is 0.188. The van der Waals surface area contributed by atoms with E-state index in [0.717, 1.165) is 0 Å². The number of aromatic nitrogens is 1. The summed E-state index contributed by atoms with van der Waals surface area (Å²) >= 11 is 0.553. The van der Waals surface area contributed by atoms with Crippen molar-refractivity contribution in [1.82, 2.24) is 10.3 Å². The fourth-order valence-corrected chi connectivity index (χ4v) is 2.50. The first-order valence-corrected chi connectivity index (χ1v) is 7.14. The second-order valence-corrected chi connectivity index (χ2v) is 5.90. The highest BCUT2D eigenvalue weighted by atomic mass is 32.1. The van der Waals surface area contributed by atoms with Crippen LogP contribution in [0.15, 0.2) is 24.4 Å². The van der Waals surface area contributed by atoms with Gasteiger partial charge in [-0.2, -0.15) is 13.2 Å². The zero-order valence-corrected chi connectivity index (χ0v) is 12.3. The summed E-state index contributed by atoms with van der Waals surface area (Å²) in [6, 6.07) is 4.47. The van der Waals surface area contributed by atoms with Gasteiger partial charge in [-0.25, -0.2) is 9.37 Å². The molecule has 0 spiro atoms. The molecule has 21 heavy (non-hydrogen) atoms. The van der Waals surface area contributed by atoms with Crippen LogP contribution in [0.4, 0.5) is 17.6 Å². The van der Waals surface area contributed by atoms with Crippen LogP contribution >= 0.6 is 11.3 Å². The Morgan fingerprint density at radius 3 is 2.57 bits per heavy atom. The van der Waals surface area contributed by atoms with Crippen LogP contribution in [-0.2, 0) is 12.7 Å². The molecule has 0 aliphatic rings. The van der Waals surface area contributed by atoms with Crippen LogP contribution in [0.1, 0.15) is 24.4 Å². The third kappa shape index (κ3) is 4.01. The smallest absolute Gasteiger partial charge is 0.310 e. The van der Waals surface area contributed by atoms with E-state index in [-0.39, 0.29) is 11.9 Å². The maximum absolute atomic E-state index is 13.7. The molecule has 2 aromatic rings. The van der Waals surface area contributed by atoms with E-state index >= 15 is 0 Å². The summed E-state index contributed by atoms with van der Waals surface area (Å²) in [6.45, 7) is 4.18. The molecule has 1 heterocycles. The Bertz CT molecular complexity index is 620. The molecule has 114 valence electrons. The van der Waals surface area contributed by atoms with Crippen LogP contribution in [0.5, 0.6) is 0 Å². The molecule has 0 radical (unpaired) electrons. The second kappa shape index (κ2) is 6.11. The minimum atomic E-state index is -4.45. The molecule has 0 bridgehead atoms. The van der Waals surface area contributed by atoms with Gasteiger partial charge >= 0.3 is 6.18 Å². The average molecular weight is 318 g/mol. The number of rotatable bonds is 4. The Morgan fingerprint density at radius 1 is 1.29 bits per heavy atom. The molecular weight excluding hydrogens is 304 g/mol. The van der Waals surface area contributed by atoms with Gasteiger partial charge in [0.05, 0.1) is 4.88 Å². The van der Waals surface area contributed by atoms with Crippen molar-refractivity contribution in [2.75, 3.05) is 0 Å². The van der Waals surface area contributed by atoms with E-state index in [1.54, 1.807) is 6.07 Å². The lowest BCUT2D eigenvalue weighted by atomic mass is 10.1. The third-order valence-corrected chi connectivity index (χ3v) is 3.87. The molecule has 1 aromatic heterocycles. The molecule has 0 amide bonds. The summed E-state index contributed by atoms with van der Waals surface area (Å²) in [5.41, 5.74) is 0.952.